The molecule has 4 N–H and O–H groups in total. The van der Waals surface area contributed by atoms with Crippen molar-refractivity contribution in [2.75, 3.05) is 5.73 Å². The molecule has 0 radical (unpaired) electrons. The molecule has 4 rings (SSSR count). The van der Waals surface area contributed by atoms with Crippen LogP contribution >= 0.6 is 0 Å². The van der Waals surface area contributed by atoms with Gasteiger partial charge in [0.25, 0.3) is 0 Å². The Labute approximate surface area is 155 Å². The van der Waals surface area contributed by atoms with Gasteiger partial charge in [-0.25, -0.2) is 4.98 Å². The number of hydrogen-bond acceptors (Lipinski definition) is 6. The van der Waals surface area contributed by atoms with E-state index < -0.39 is 0 Å². The summed E-state index contributed by atoms with van der Waals surface area (Å²) in [5.41, 5.74) is 11.4. The summed E-state index contributed by atoms with van der Waals surface area (Å²) in [5, 5.41) is 20.4. The zero-order valence-electron chi connectivity index (χ0n) is 14.6. The topological polar surface area (TPSA) is 114 Å². The highest BCUT2D eigenvalue weighted by molar-refractivity contribution is 5.69. The van der Waals surface area contributed by atoms with E-state index in [0.717, 1.165) is 33.6 Å². The third kappa shape index (κ3) is 3.73. The van der Waals surface area contributed by atoms with Crippen LogP contribution in [0.5, 0.6) is 0 Å². The van der Waals surface area contributed by atoms with Crippen LogP contribution in [0.15, 0.2) is 59.4 Å². The molecule has 0 spiro atoms. The lowest BCUT2D eigenvalue weighted by Gasteiger charge is -2.03. The number of H-pyrrole nitrogens is 1. The Morgan fingerprint density at radius 1 is 1.07 bits per heavy atom. The van der Waals surface area contributed by atoms with Gasteiger partial charge in [-0.15, -0.1) is 0 Å². The van der Waals surface area contributed by atoms with Gasteiger partial charge in [0.1, 0.15) is 5.82 Å². The standard InChI is InChI=1S/C20H19N5O2/c21-20-17(2-1-7-22-20)19-10-16(25-27-19)8-13-3-5-14(6-4-13)9-18-15(12-26)11-23-24-18/h1-7,10-11,26H,8-9,12H2,(H2,21,22)(H,23,24). The van der Waals surface area contributed by atoms with E-state index in [-0.39, 0.29) is 6.61 Å². The van der Waals surface area contributed by atoms with Gasteiger partial charge in [0, 0.05) is 36.9 Å². The molecule has 0 atom stereocenters. The molecule has 0 saturated carbocycles. The fraction of sp³-hybridized carbons (Fsp3) is 0.150. The van der Waals surface area contributed by atoms with Crippen LogP contribution in [-0.4, -0.2) is 25.4 Å². The Balaban J connectivity index is 1.45. The van der Waals surface area contributed by atoms with Crippen LogP contribution in [0.1, 0.15) is 28.1 Å². The zero-order valence-corrected chi connectivity index (χ0v) is 14.6. The van der Waals surface area contributed by atoms with Crippen molar-refractivity contribution in [3.05, 3.63) is 82.9 Å². The van der Waals surface area contributed by atoms with Crippen molar-refractivity contribution in [3.63, 3.8) is 0 Å². The summed E-state index contributed by atoms with van der Waals surface area (Å²) in [5.74, 6) is 1.03. The Hall–Kier alpha value is -3.45. The number of nitrogens with one attached hydrogen (secondary N) is 1. The number of nitrogens with zero attached hydrogens (tertiary/aromatic N) is 3. The van der Waals surface area contributed by atoms with Gasteiger partial charge in [0.05, 0.1) is 23.6 Å². The first-order valence-corrected chi connectivity index (χ1v) is 8.59. The van der Waals surface area contributed by atoms with Crippen molar-refractivity contribution in [1.82, 2.24) is 20.3 Å². The molecule has 0 saturated heterocycles. The molecular formula is C20H19N5O2. The summed E-state index contributed by atoms with van der Waals surface area (Å²) in [7, 11) is 0. The van der Waals surface area contributed by atoms with Crippen LogP contribution in [0.25, 0.3) is 11.3 Å². The van der Waals surface area contributed by atoms with Gasteiger partial charge in [0.2, 0.25) is 0 Å². The lowest BCUT2D eigenvalue weighted by atomic mass is 10.0. The fourth-order valence-electron chi connectivity index (χ4n) is 2.96. The predicted molar refractivity (Wildman–Crippen MR) is 101 cm³/mol. The van der Waals surface area contributed by atoms with E-state index in [4.69, 9.17) is 10.3 Å². The number of aromatic nitrogens is 4. The first-order chi connectivity index (χ1) is 13.2. The van der Waals surface area contributed by atoms with E-state index in [1.54, 1.807) is 12.4 Å². The second kappa shape index (κ2) is 7.43. The zero-order chi connectivity index (χ0) is 18.6. The number of aliphatic hydroxyl groups excluding tert-OH is 1. The van der Waals surface area contributed by atoms with Gasteiger partial charge in [-0.1, -0.05) is 29.4 Å². The first-order valence-electron chi connectivity index (χ1n) is 8.59. The highest BCUT2D eigenvalue weighted by atomic mass is 16.5. The van der Waals surface area contributed by atoms with E-state index in [2.05, 4.69) is 44.6 Å². The number of nitrogen functional groups attached to an aromatic ring is 1. The lowest BCUT2D eigenvalue weighted by molar-refractivity contribution is 0.281. The molecule has 4 aromatic rings. The maximum Gasteiger partial charge on any atom is 0.170 e. The van der Waals surface area contributed by atoms with Crippen molar-refractivity contribution < 1.29 is 9.63 Å². The Morgan fingerprint density at radius 2 is 1.85 bits per heavy atom. The quantitative estimate of drug-likeness (QED) is 0.486. The number of anilines is 1. The average molecular weight is 361 g/mol. The van der Waals surface area contributed by atoms with Crippen LogP contribution in [0.3, 0.4) is 0 Å². The van der Waals surface area contributed by atoms with Crippen LogP contribution in [-0.2, 0) is 19.4 Å². The second-order valence-electron chi connectivity index (χ2n) is 6.30. The lowest BCUT2D eigenvalue weighted by Crippen LogP contribution is -1.95. The van der Waals surface area contributed by atoms with Gasteiger partial charge >= 0.3 is 0 Å². The normalized spacial score (nSPS) is 11.0. The SMILES string of the molecule is Nc1ncccc1-c1cc(Cc2ccc(Cc3n[nH]cc3CO)cc2)no1. The largest absolute Gasteiger partial charge is 0.392 e. The Morgan fingerprint density at radius 3 is 2.59 bits per heavy atom. The minimum atomic E-state index is -0.0140. The molecule has 0 bridgehead atoms. The molecule has 27 heavy (non-hydrogen) atoms. The van der Waals surface area contributed by atoms with E-state index in [1.165, 1.54) is 0 Å². The van der Waals surface area contributed by atoms with Crippen LogP contribution < -0.4 is 5.73 Å². The van der Waals surface area contributed by atoms with Gasteiger partial charge in [0.15, 0.2) is 5.76 Å². The van der Waals surface area contributed by atoms with Crippen molar-refractivity contribution >= 4 is 5.82 Å². The molecule has 0 unspecified atom stereocenters. The smallest absolute Gasteiger partial charge is 0.170 e. The minimum Gasteiger partial charge on any atom is -0.392 e. The van der Waals surface area contributed by atoms with Crippen molar-refractivity contribution in [2.45, 2.75) is 19.4 Å². The summed E-state index contributed by atoms with van der Waals surface area (Å²) in [6, 6.07) is 13.8. The predicted octanol–water partition coefficient (Wildman–Crippen LogP) is 2.72. The van der Waals surface area contributed by atoms with E-state index in [1.807, 2.05) is 18.2 Å². The Bertz CT molecular complexity index is 1040. The number of benzene rings is 1. The van der Waals surface area contributed by atoms with Crippen LogP contribution in [0, 0.1) is 0 Å². The van der Waals surface area contributed by atoms with E-state index in [9.17, 15) is 5.11 Å². The molecular weight excluding hydrogens is 342 g/mol. The maximum absolute atomic E-state index is 9.31. The van der Waals surface area contributed by atoms with Crippen molar-refractivity contribution in [1.29, 1.82) is 0 Å². The number of rotatable bonds is 6. The van der Waals surface area contributed by atoms with Gasteiger partial charge in [-0.3, -0.25) is 5.10 Å². The monoisotopic (exact) mass is 361 g/mol. The first kappa shape index (κ1) is 17.0. The number of hydrogen-bond donors (Lipinski definition) is 3. The average Bonchev–Trinajstić information content (AvgIpc) is 3.33. The number of aromatic amines is 1. The summed E-state index contributed by atoms with van der Waals surface area (Å²) in [6.07, 6.45) is 4.70. The van der Waals surface area contributed by atoms with E-state index in [0.29, 0.717) is 24.4 Å². The molecule has 0 aliphatic rings. The maximum atomic E-state index is 9.31. The van der Waals surface area contributed by atoms with Crippen LogP contribution in [0.2, 0.25) is 0 Å². The number of pyridine rings is 1. The molecule has 136 valence electrons. The highest BCUT2D eigenvalue weighted by Gasteiger charge is 2.11. The van der Waals surface area contributed by atoms with Crippen LogP contribution in [0.4, 0.5) is 5.82 Å². The Kier molecular flexibility index (Phi) is 4.67. The summed E-state index contributed by atoms with van der Waals surface area (Å²) < 4.78 is 5.42. The third-order valence-corrected chi connectivity index (χ3v) is 4.42. The molecule has 7 heteroatoms. The summed E-state index contributed by atoms with van der Waals surface area (Å²) in [4.78, 5) is 4.07. The summed E-state index contributed by atoms with van der Waals surface area (Å²) in [6.45, 7) is -0.0140. The third-order valence-electron chi connectivity index (χ3n) is 4.42. The molecule has 0 fully saturated rings. The van der Waals surface area contributed by atoms with Crippen molar-refractivity contribution in [2.24, 2.45) is 0 Å². The van der Waals surface area contributed by atoms with Gasteiger partial charge < -0.3 is 15.4 Å². The minimum absolute atomic E-state index is 0.0140. The van der Waals surface area contributed by atoms with Crippen molar-refractivity contribution in [3.8, 4) is 11.3 Å². The second-order valence-corrected chi connectivity index (χ2v) is 6.30. The van der Waals surface area contributed by atoms with Gasteiger partial charge in [-0.2, -0.15) is 5.10 Å². The molecule has 1 aromatic carbocycles. The number of nitrogens with two attached hydrogens (primary N) is 1. The molecule has 0 aliphatic heterocycles. The number of aliphatic hydroxyl groups is 1. The molecule has 0 amide bonds. The van der Waals surface area contributed by atoms with E-state index >= 15 is 0 Å². The fourth-order valence-corrected chi connectivity index (χ4v) is 2.96. The highest BCUT2D eigenvalue weighted by Crippen LogP contribution is 2.25. The molecule has 0 aliphatic carbocycles. The van der Waals surface area contributed by atoms with Gasteiger partial charge in [-0.05, 0) is 23.3 Å². The molecule has 3 aromatic heterocycles. The molecule has 7 nitrogen and oxygen atoms in total. The summed E-state index contributed by atoms with van der Waals surface area (Å²) >= 11 is 0. The molecule has 3 heterocycles.